The van der Waals surface area contributed by atoms with Gasteiger partial charge in [0, 0.05) is 11.9 Å². The van der Waals surface area contributed by atoms with Gasteiger partial charge in [-0.15, -0.1) is 11.3 Å². The van der Waals surface area contributed by atoms with Crippen molar-refractivity contribution in [1.82, 2.24) is 25.3 Å². The number of para-hydroxylation sites is 1. The minimum atomic E-state index is -0.116. The van der Waals surface area contributed by atoms with Crippen LogP contribution in [0.25, 0.3) is 15.9 Å². The molecule has 0 bridgehead atoms. The summed E-state index contributed by atoms with van der Waals surface area (Å²) < 4.78 is 1.87. The molecular formula is C20H19N7OS. The summed E-state index contributed by atoms with van der Waals surface area (Å²) in [6, 6.07) is 13.8. The van der Waals surface area contributed by atoms with E-state index in [1.165, 1.54) is 11.3 Å². The number of nitrogens with zero attached hydrogens (tertiary/aromatic N) is 4. The minimum absolute atomic E-state index is 0.116. The van der Waals surface area contributed by atoms with Crippen molar-refractivity contribution in [3.63, 3.8) is 0 Å². The number of benzene rings is 1. The van der Waals surface area contributed by atoms with E-state index in [0.29, 0.717) is 35.5 Å². The number of nitrogens with two attached hydrogens (primary N) is 1. The highest BCUT2D eigenvalue weighted by molar-refractivity contribution is 7.20. The third kappa shape index (κ3) is 3.58. The van der Waals surface area contributed by atoms with Crippen LogP contribution in [0.15, 0.2) is 36.4 Å². The first kappa shape index (κ1) is 18.7. The lowest BCUT2D eigenvalue weighted by Gasteiger charge is -2.03. The number of nitrogen functional groups attached to an aromatic ring is 1. The highest BCUT2D eigenvalue weighted by Gasteiger charge is 2.17. The van der Waals surface area contributed by atoms with E-state index in [0.717, 1.165) is 21.6 Å². The molecule has 4 rings (SSSR count). The third-order valence-electron chi connectivity index (χ3n) is 4.64. The van der Waals surface area contributed by atoms with Gasteiger partial charge in [0.15, 0.2) is 5.82 Å². The summed E-state index contributed by atoms with van der Waals surface area (Å²) in [4.78, 5) is 14.2. The third-order valence-corrected chi connectivity index (χ3v) is 5.75. The van der Waals surface area contributed by atoms with Crippen molar-refractivity contribution >= 4 is 33.3 Å². The van der Waals surface area contributed by atoms with Crippen molar-refractivity contribution in [2.75, 3.05) is 12.3 Å². The average molecular weight is 405 g/mol. The minimum Gasteiger partial charge on any atom is -0.381 e. The molecule has 8 nitrogen and oxygen atoms in total. The molecule has 0 saturated heterocycles. The molecule has 0 unspecified atom stereocenters. The number of H-pyrrole nitrogens is 1. The summed E-state index contributed by atoms with van der Waals surface area (Å²) in [6.07, 6.45) is 1.26. The highest BCUT2D eigenvalue weighted by atomic mass is 32.1. The number of aromatic nitrogens is 4. The molecule has 1 aromatic carbocycles. The zero-order valence-electron chi connectivity index (χ0n) is 15.8. The van der Waals surface area contributed by atoms with Crippen molar-refractivity contribution in [2.24, 2.45) is 0 Å². The maximum Gasteiger partial charge on any atom is 0.261 e. The van der Waals surface area contributed by atoms with Crippen molar-refractivity contribution in [3.8, 4) is 11.8 Å². The lowest BCUT2D eigenvalue weighted by Crippen LogP contribution is -2.24. The van der Waals surface area contributed by atoms with Crippen LogP contribution in [0.1, 0.15) is 33.0 Å². The molecule has 4 aromatic rings. The van der Waals surface area contributed by atoms with Crippen LogP contribution in [0.5, 0.6) is 0 Å². The fourth-order valence-electron chi connectivity index (χ4n) is 3.16. The van der Waals surface area contributed by atoms with Crippen LogP contribution in [0.3, 0.4) is 0 Å². The lowest BCUT2D eigenvalue weighted by molar-refractivity contribution is 0.0957. The first-order valence-corrected chi connectivity index (χ1v) is 9.95. The molecule has 0 atom stereocenters. The van der Waals surface area contributed by atoms with Crippen molar-refractivity contribution in [3.05, 3.63) is 58.2 Å². The first-order valence-electron chi connectivity index (χ1n) is 9.14. The molecule has 3 heterocycles. The normalized spacial score (nSPS) is 10.9. The number of amides is 1. The molecule has 0 aliphatic carbocycles. The molecule has 3 aromatic heterocycles. The quantitative estimate of drug-likeness (QED) is 0.425. The Hall–Kier alpha value is -3.64. The summed E-state index contributed by atoms with van der Waals surface area (Å²) >= 11 is 1.42. The summed E-state index contributed by atoms with van der Waals surface area (Å²) in [5.74, 6) is 0.0921. The van der Waals surface area contributed by atoms with E-state index < -0.39 is 0 Å². The van der Waals surface area contributed by atoms with Gasteiger partial charge >= 0.3 is 0 Å². The Morgan fingerprint density at radius 2 is 2.17 bits per heavy atom. The first-order chi connectivity index (χ1) is 14.1. The summed E-state index contributed by atoms with van der Waals surface area (Å²) in [5, 5.41) is 24.2. The van der Waals surface area contributed by atoms with Crippen LogP contribution >= 0.6 is 11.3 Å². The molecule has 0 spiro atoms. The zero-order valence-corrected chi connectivity index (χ0v) is 16.6. The number of aromatic amines is 1. The van der Waals surface area contributed by atoms with Crippen LogP contribution in [0.2, 0.25) is 0 Å². The van der Waals surface area contributed by atoms with Gasteiger partial charge in [-0.2, -0.15) is 15.5 Å². The fraction of sp³-hybridized carbons (Fsp3) is 0.200. The Kier molecular flexibility index (Phi) is 5.01. The second-order valence-electron chi connectivity index (χ2n) is 6.60. The van der Waals surface area contributed by atoms with Crippen LogP contribution in [-0.2, 0) is 6.42 Å². The molecule has 1 amide bonds. The lowest BCUT2D eigenvalue weighted by atomic mass is 10.1. The van der Waals surface area contributed by atoms with Crippen molar-refractivity contribution in [1.29, 1.82) is 5.26 Å². The molecule has 9 heteroatoms. The predicted octanol–water partition coefficient (Wildman–Crippen LogP) is 2.93. The SMILES string of the molecule is Cc1nn(-c2ccccc2)c2sc(C(=O)NCCCc3[nH]nc(N)c3C#N)cc12. The van der Waals surface area contributed by atoms with Gasteiger partial charge in [-0.3, -0.25) is 9.89 Å². The standard InChI is InChI=1S/C20H19N7OS/c1-12-14-10-17(29-20(14)27(26-12)13-6-3-2-4-7-13)19(28)23-9-5-8-16-15(11-21)18(22)25-24-16/h2-4,6-7,10H,5,8-9H2,1H3,(H,23,28)(H3,22,24,25). The molecule has 0 fully saturated rings. The number of anilines is 1. The maximum atomic E-state index is 12.6. The number of nitrogens with one attached hydrogen (secondary N) is 2. The number of hydrogen-bond acceptors (Lipinski definition) is 6. The molecule has 0 aliphatic heterocycles. The topological polar surface area (TPSA) is 125 Å². The molecule has 0 aliphatic rings. The summed E-state index contributed by atoms with van der Waals surface area (Å²) in [6.45, 7) is 2.43. The highest BCUT2D eigenvalue weighted by Crippen LogP contribution is 2.30. The number of rotatable bonds is 6. The van der Waals surface area contributed by atoms with Gasteiger partial charge in [-0.25, -0.2) is 4.68 Å². The number of nitriles is 1. The number of carbonyl (C=O) groups is 1. The van der Waals surface area contributed by atoms with Crippen LogP contribution in [0.4, 0.5) is 5.82 Å². The van der Waals surface area contributed by atoms with E-state index in [-0.39, 0.29) is 11.7 Å². The smallest absolute Gasteiger partial charge is 0.261 e. The van der Waals surface area contributed by atoms with E-state index in [1.54, 1.807) is 0 Å². The monoisotopic (exact) mass is 405 g/mol. The molecule has 4 N–H and O–H groups in total. The van der Waals surface area contributed by atoms with Gasteiger partial charge in [0.25, 0.3) is 5.91 Å². The fourth-order valence-corrected chi connectivity index (χ4v) is 4.26. The van der Waals surface area contributed by atoms with Gasteiger partial charge in [0.2, 0.25) is 0 Å². The number of carbonyl (C=O) groups excluding carboxylic acids is 1. The Morgan fingerprint density at radius 3 is 2.93 bits per heavy atom. The number of fused-ring (bicyclic) bond motifs is 1. The molecule has 0 saturated carbocycles. The van der Waals surface area contributed by atoms with Crippen LogP contribution in [-0.4, -0.2) is 32.4 Å². The Morgan fingerprint density at radius 1 is 1.38 bits per heavy atom. The predicted molar refractivity (Wildman–Crippen MR) is 112 cm³/mol. The van der Waals surface area contributed by atoms with Gasteiger partial charge in [-0.1, -0.05) is 18.2 Å². The molecular weight excluding hydrogens is 386 g/mol. The van der Waals surface area contributed by atoms with Gasteiger partial charge in [0.05, 0.1) is 22.0 Å². The van der Waals surface area contributed by atoms with Gasteiger partial charge in [-0.05, 0) is 38.0 Å². The molecule has 29 heavy (non-hydrogen) atoms. The Bertz CT molecular complexity index is 1210. The largest absolute Gasteiger partial charge is 0.381 e. The Labute approximate surface area is 171 Å². The number of aryl methyl sites for hydroxylation is 2. The van der Waals surface area contributed by atoms with Crippen LogP contribution < -0.4 is 11.1 Å². The van der Waals surface area contributed by atoms with Crippen molar-refractivity contribution < 1.29 is 4.79 Å². The number of thiophene rings is 1. The van der Waals surface area contributed by atoms with Gasteiger partial charge < -0.3 is 11.1 Å². The maximum absolute atomic E-state index is 12.6. The summed E-state index contributed by atoms with van der Waals surface area (Å²) in [7, 11) is 0. The van der Waals surface area contributed by atoms with E-state index in [9.17, 15) is 4.79 Å². The summed E-state index contributed by atoms with van der Waals surface area (Å²) in [5.41, 5.74) is 8.56. The van der Waals surface area contributed by atoms with Crippen LogP contribution in [0, 0.1) is 18.3 Å². The van der Waals surface area contributed by atoms with Gasteiger partial charge in [0.1, 0.15) is 16.5 Å². The zero-order chi connectivity index (χ0) is 20.4. The average Bonchev–Trinajstić information content (AvgIpc) is 3.40. The second-order valence-corrected chi connectivity index (χ2v) is 7.63. The van der Waals surface area contributed by atoms with Crippen molar-refractivity contribution in [2.45, 2.75) is 19.8 Å². The molecule has 146 valence electrons. The van der Waals surface area contributed by atoms with E-state index in [1.807, 2.05) is 54.1 Å². The van der Waals surface area contributed by atoms with E-state index in [4.69, 9.17) is 11.0 Å². The molecule has 0 radical (unpaired) electrons. The number of hydrogen-bond donors (Lipinski definition) is 3. The van der Waals surface area contributed by atoms with E-state index >= 15 is 0 Å². The second kappa shape index (κ2) is 7.77. The van der Waals surface area contributed by atoms with E-state index in [2.05, 4.69) is 20.6 Å². The Balaban J connectivity index is 1.43.